The molecule has 2 aromatic rings. The standard InChI is InChI=1S/C16H14FNS.ClH/c1-11-10-15(12-2-4-14(17)5-3-12)19-16(11)13-6-8-18-9-7-13;/h2-6,8-10,13H,7H2,1H3;1H. The summed E-state index contributed by atoms with van der Waals surface area (Å²) in [6.07, 6.45) is 6.93. The minimum Gasteiger partial charge on any atom is -0.269 e. The summed E-state index contributed by atoms with van der Waals surface area (Å²) in [6.45, 7) is 2.14. The SMILES string of the molecule is Cc1cc(-c2ccc(F)cc2)sc1C1C=CN=CC1.Cl. The van der Waals surface area contributed by atoms with Crippen molar-refractivity contribution in [1.82, 2.24) is 0 Å². The van der Waals surface area contributed by atoms with Gasteiger partial charge in [-0.05, 0) is 42.7 Å². The van der Waals surface area contributed by atoms with Gasteiger partial charge in [0.25, 0.3) is 0 Å². The van der Waals surface area contributed by atoms with E-state index in [0.717, 1.165) is 12.0 Å². The zero-order valence-corrected chi connectivity index (χ0v) is 12.7. The van der Waals surface area contributed by atoms with E-state index >= 15 is 0 Å². The summed E-state index contributed by atoms with van der Waals surface area (Å²) in [4.78, 5) is 6.69. The fourth-order valence-electron chi connectivity index (χ4n) is 2.28. The Kier molecular flexibility index (Phi) is 4.73. The maximum absolute atomic E-state index is 13.0. The van der Waals surface area contributed by atoms with Gasteiger partial charge in [-0.25, -0.2) is 4.39 Å². The Hall–Kier alpha value is -1.45. The van der Waals surface area contributed by atoms with E-state index < -0.39 is 0 Å². The van der Waals surface area contributed by atoms with Gasteiger partial charge in [0, 0.05) is 28.1 Å². The molecule has 0 bridgehead atoms. The summed E-state index contributed by atoms with van der Waals surface area (Å²) in [6, 6.07) is 8.88. The Morgan fingerprint density at radius 3 is 2.65 bits per heavy atom. The highest BCUT2D eigenvalue weighted by Gasteiger charge is 2.16. The Morgan fingerprint density at radius 1 is 1.25 bits per heavy atom. The maximum atomic E-state index is 13.0. The normalized spacial score (nSPS) is 17.0. The molecule has 1 aromatic heterocycles. The molecule has 1 aliphatic rings. The Labute approximate surface area is 128 Å². The summed E-state index contributed by atoms with van der Waals surface area (Å²) in [7, 11) is 0. The first kappa shape index (κ1) is 14.9. The van der Waals surface area contributed by atoms with Gasteiger partial charge in [0.1, 0.15) is 5.82 Å². The number of aliphatic imine (C=N–C) groups is 1. The van der Waals surface area contributed by atoms with Gasteiger partial charge in [0.05, 0.1) is 0 Å². The molecule has 0 radical (unpaired) electrons. The molecular formula is C16H15ClFNS. The third kappa shape index (κ3) is 3.00. The quantitative estimate of drug-likeness (QED) is 0.708. The molecule has 1 nitrogen and oxygen atoms in total. The average molecular weight is 308 g/mol. The molecule has 0 N–H and O–H groups in total. The molecule has 1 atom stereocenters. The lowest BCUT2D eigenvalue weighted by Crippen LogP contribution is -1.97. The van der Waals surface area contributed by atoms with E-state index in [2.05, 4.69) is 24.1 Å². The molecule has 104 valence electrons. The molecule has 0 saturated heterocycles. The molecule has 0 aliphatic carbocycles. The van der Waals surface area contributed by atoms with Crippen molar-refractivity contribution in [2.24, 2.45) is 4.99 Å². The van der Waals surface area contributed by atoms with Gasteiger partial charge in [0.15, 0.2) is 0 Å². The summed E-state index contributed by atoms with van der Waals surface area (Å²) in [5.74, 6) is 0.236. The van der Waals surface area contributed by atoms with Gasteiger partial charge in [-0.1, -0.05) is 18.2 Å². The van der Waals surface area contributed by atoms with Crippen LogP contribution in [0.4, 0.5) is 4.39 Å². The highest BCUT2D eigenvalue weighted by molar-refractivity contribution is 7.15. The molecule has 0 amide bonds. The van der Waals surface area contributed by atoms with Gasteiger partial charge in [-0.2, -0.15) is 0 Å². The lowest BCUT2D eigenvalue weighted by Gasteiger charge is -2.11. The minimum absolute atomic E-state index is 0. The first-order valence-corrected chi connectivity index (χ1v) is 7.10. The summed E-state index contributed by atoms with van der Waals surface area (Å²) in [5, 5.41) is 0. The van der Waals surface area contributed by atoms with Crippen molar-refractivity contribution in [1.29, 1.82) is 0 Å². The molecule has 0 saturated carbocycles. The Balaban J connectivity index is 0.00000147. The first-order chi connectivity index (χ1) is 9.24. The topological polar surface area (TPSA) is 12.4 Å². The summed E-state index contributed by atoms with van der Waals surface area (Å²) >= 11 is 1.79. The molecule has 2 heterocycles. The molecule has 0 fully saturated rings. The van der Waals surface area contributed by atoms with Crippen LogP contribution in [-0.2, 0) is 0 Å². The van der Waals surface area contributed by atoms with Gasteiger partial charge in [-0.15, -0.1) is 23.7 Å². The zero-order valence-electron chi connectivity index (χ0n) is 11.0. The van der Waals surface area contributed by atoms with Gasteiger partial charge in [0.2, 0.25) is 0 Å². The number of benzene rings is 1. The summed E-state index contributed by atoms with van der Waals surface area (Å²) in [5.41, 5.74) is 2.38. The second-order valence-electron chi connectivity index (χ2n) is 4.68. The van der Waals surface area contributed by atoms with Crippen LogP contribution < -0.4 is 0 Å². The lowest BCUT2D eigenvalue weighted by molar-refractivity contribution is 0.628. The molecule has 1 aromatic carbocycles. The second-order valence-corrected chi connectivity index (χ2v) is 5.76. The van der Waals surface area contributed by atoms with Crippen molar-refractivity contribution in [3.05, 3.63) is 58.9 Å². The van der Waals surface area contributed by atoms with Crippen molar-refractivity contribution < 1.29 is 4.39 Å². The fraction of sp³-hybridized carbons (Fsp3) is 0.188. The van der Waals surface area contributed by atoms with Crippen LogP contribution in [0.5, 0.6) is 0 Å². The third-order valence-corrected chi connectivity index (χ3v) is 4.71. The highest BCUT2D eigenvalue weighted by atomic mass is 35.5. The number of hydrogen-bond acceptors (Lipinski definition) is 2. The van der Waals surface area contributed by atoms with Crippen LogP contribution in [0.3, 0.4) is 0 Å². The minimum atomic E-state index is -0.191. The smallest absolute Gasteiger partial charge is 0.123 e. The monoisotopic (exact) mass is 307 g/mol. The van der Waals surface area contributed by atoms with E-state index in [1.54, 1.807) is 11.3 Å². The number of rotatable bonds is 2. The predicted octanol–water partition coefficient (Wildman–Crippen LogP) is 5.36. The van der Waals surface area contributed by atoms with Crippen molar-refractivity contribution in [3.8, 4) is 10.4 Å². The zero-order chi connectivity index (χ0) is 13.2. The molecule has 1 unspecified atom stereocenters. The number of hydrogen-bond donors (Lipinski definition) is 0. The molecule has 0 spiro atoms. The molecule has 4 heteroatoms. The molecular weight excluding hydrogens is 293 g/mol. The van der Waals surface area contributed by atoms with Crippen LogP contribution >= 0.6 is 23.7 Å². The van der Waals surface area contributed by atoms with Crippen LogP contribution in [0, 0.1) is 12.7 Å². The van der Waals surface area contributed by atoms with Crippen LogP contribution in [0.1, 0.15) is 22.8 Å². The molecule has 20 heavy (non-hydrogen) atoms. The van der Waals surface area contributed by atoms with Crippen molar-refractivity contribution in [2.45, 2.75) is 19.3 Å². The van der Waals surface area contributed by atoms with E-state index in [1.165, 1.54) is 27.5 Å². The number of halogens is 2. The average Bonchev–Trinajstić information content (AvgIpc) is 2.83. The first-order valence-electron chi connectivity index (χ1n) is 6.28. The third-order valence-electron chi connectivity index (χ3n) is 3.29. The number of thiophene rings is 1. The van der Waals surface area contributed by atoms with Gasteiger partial charge < -0.3 is 0 Å². The van der Waals surface area contributed by atoms with E-state index in [-0.39, 0.29) is 18.2 Å². The van der Waals surface area contributed by atoms with Crippen LogP contribution in [0.25, 0.3) is 10.4 Å². The Bertz CT molecular complexity index is 643. The van der Waals surface area contributed by atoms with E-state index in [0.29, 0.717) is 5.92 Å². The van der Waals surface area contributed by atoms with Crippen molar-refractivity contribution in [3.63, 3.8) is 0 Å². The highest BCUT2D eigenvalue weighted by Crippen LogP contribution is 2.37. The number of allylic oxidation sites excluding steroid dienone is 1. The van der Waals surface area contributed by atoms with Gasteiger partial charge in [-0.3, -0.25) is 4.99 Å². The van der Waals surface area contributed by atoms with E-state index in [1.807, 2.05) is 24.5 Å². The summed E-state index contributed by atoms with van der Waals surface area (Å²) < 4.78 is 13.0. The van der Waals surface area contributed by atoms with Crippen LogP contribution in [0.15, 0.2) is 47.6 Å². The second kappa shape index (κ2) is 6.33. The van der Waals surface area contributed by atoms with Crippen LogP contribution in [0.2, 0.25) is 0 Å². The van der Waals surface area contributed by atoms with Crippen molar-refractivity contribution in [2.75, 3.05) is 0 Å². The van der Waals surface area contributed by atoms with E-state index in [9.17, 15) is 4.39 Å². The fourth-order valence-corrected chi connectivity index (χ4v) is 3.56. The van der Waals surface area contributed by atoms with Gasteiger partial charge >= 0.3 is 0 Å². The maximum Gasteiger partial charge on any atom is 0.123 e. The Morgan fingerprint density at radius 2 is 2.00 bits per heavy atom. The molecule has 3 rings (SSSR count). The largest absolute Gasteiger partial charge is 0.269 e. The lowest BCUT2D eigenvalue weighted by atomic mass is 10.00. The van der Waals surface area contributed by atoms with Crippen LogP contribution in [-0.4, -0.2) is 6.21 Å². The van der Waals surface area contributed by atoms with E-state index in [4.69, 9.17) is 0 Å². The number of nitrogens with zero attached hydrogens (tertiary/aromatic N) is 1. The predicted molar refractivity (Wildman–Crippen MR) is 86.7 cm³/mol. The van der Waals surface area contributed by atoms with Crippen molar-refractivity contribution >= 4 is 30.0 Å². The number of aryl methyl sites for hydroxylation is 1. The molecule has 1 aliphatic heterocycles.